The molecule has 0 amide bonds. The summed E-state index contributed by atoms with van der Waals surface area (Å²) in [5.41, 5.74) is -0.689. The number of benzene rings is 2. The lowest BCUT2D eigenvalue weighted by Gasteiger charge is -2.11. The first-order valence-corrected chi connectivity index (χ1v) is 6.00. The Balaban J connectivity index is 2.43. The summed E-state index contributed by atoms with van der Waals surface area (Å²) in [4.78, 5) is 9.46. The zero-order chi connectivity index (χ0) is 15.6. The molecule has 1 N–H and O–H groups in total. The number of halogens is 3. The van der Waals surface area contributed by atoms with Crippen LogP contribution < -0.4 is 4.74 Å². The molecule has 0 aliphatic rings. The van der Waals surface area contributed by atoms with Crippen LogP contribution in [0.3, 0.4) is 0 Å². The third kappa shape index (κ3) is 3.26. The molecule has 8 heteroatoms. The Morgan fingerprint density at radius 3 is 2.52 bits per heavy atom. The van der Waals surface area contributed by atoms with Gasteiger partial charge in [-0.2, -0.15) is 4.39 Å². The Hall–Kier alpha value is -2.25. The monoisotopic (exact) mass is 315 g/mol. The van der Waals surface area contributed by atoms with Crippen molar-refractivity contribution in [1.29, 1.82) is 0 Å². The van der Waals surface area contributed by atoms with Crippen molar-refractivity contribution in [2.45, 2.75) is 6.61 Å². The number of aliphatic hydroxyl groups excluding tert-OH is 1. The number of aliphatic hydroxyl groups is 1. The predicted molar refractivity (Wildman–Crippen MR) is 70.5 cm³/mol. The summed E-state index contributed by atoms with van der Waals surface area (Å²) in [7, 11) is 0. The maximum Gasteiger partial charge on any atom is 0.307 e. The first-order valence-electron chi connectivity index (χ1n) is 5.63. The van der Waals surface area contributed by atoms with E-state index in [4.69, 9.17) is 21.4 Å². The van der Waals surface area contributed by atoms with Crippen molar-refractivity contribution >= 4 is 17.3 Å². The normalized spacial score (nSPS) is 10.5. The van der Waals surface area contributed by atoms with E-state index >= 15 is 0 Å². The molecule has 0 bridgehead atoms. The highest BCUT2D eigenvalue weighted by Gasteiger charge is 2.20. The van der Waals surface area contributed by atoms with Crippen molar-refractivity contribution in [1.82, 2.24) is 0 Å². The van der Waals surface area contributed by atoms with Crippen LogP contribution >= 0.6 is 11.6 Å². The second-order valence-corrected chi connectivity index (χ2v) is 4.44. The second-order valence-electron chi connectivity index (χ2n) is 4.00. The van der Waals surface area contributed by atoms with E-state index in [0.717, 1.165) is 0 Å². The summed E-state index contributed by atoms with van der Waals surface area (Å²) in [6.07, 6.45) is 0. The van der Waals surface area contributed by atoms with Crippen LogP contribution in [0.15, 0.2) is 30.3 Å². The van der Waals surface area contributed by atoms with E-state index in [1.807, 2.05) is 0 Å². The van der Waals surface area contributed by atoms with Gasteiger partial charge in [0.2, 0.25) is 5.82 Å². The molecule has 0 radical (unpaired) electrons. The van der Waals surface area contributed by atoms with Crippen molar-refractivity contribution < 1.29 is 23.5 Å². The first kappa shape index (κ1) is 15.1. The lowest BCUT2D eigenvalue weighted by molar-refractivity contribution is -0.387. The van der Waals surface area contributed by atoms with Crippen LogP contribution in [0.5, 0.6) is 11.5 Å². The number of nitro groups is 1. The van der Waals surface area contributed by atoms with Gasteiger partial charge in [0.25, 0.3) is 0 Å². The number of nitro benzene ring substituents is 1. The van der Waals surface area contributed by atoms with Gasteiger partial charge in [0, 0.05) is 16.7 Å². The van der Waals surface area contributed by atoms with Gasteiger partial charge >= 0.3 is 5.69 Å². The molecule has 0 unspecified atom stereocenters. The van der Waals surface area contributed by atoms with Gasteiger partial charge < -0.3 is 9.84 Å². The first-order chi connectivity index (χ1) is 9.92. The molecule has 110 valence electrons. The van der Waals surface area contributed by atoms with Crippen LogP contribution in [0.25, 0.3) is 0 Å². The molecule has 0 heterocycles. The zero-order valence-corrected chi connectivity index (χ0v) is 11.1. The highest BCUT2D eigenvalue weighted by molar-refractivity contribution is 6.30. The molecule has 0 fully saturated rings. The number of hydrogen-bond acceptors (Lipinski definition) is 4. The third-order valence-electron chi connectivity index (χ3n) is 2.62. The fourth-order valence-corrected chi connectivity index (χ4v) is 1.77. The van der Waals surface area contributed by atoms with Gasteiger partial charge in [-0.25, -0.2) is 4.39 Å². The van der Waals surface area contributed by atoms with E-state index in [1.165, 1.54) is 18.2 Å². The molecule has 5 nitrogen and oxygen atoms in total. The molecule has 21 heavy (non-hydrogen) atoms. The maximum atomic E-state index is 13.7. The van der Waals surface area contributed by atoms with Crippen LogP contribution in [-0.2, 0) is 6.61 Å². The summed E-state index contributed by atoms with van der Waals surface area (Å²) < 4.78 is 32.3. The number of nitrogens with zero attached hydrogens (tertiary/aromatic N) is 1. The average molecular weight is 316 g/mol. The minimum atomic E-state index is -1.23. The molecule has 0 spiro atoms. The van der Waals surface area contributed by atoms with Gasteiger partial charge in [0.15, 0.2) is 11.6 Å². The van der Waals surface area contributed by atoms with Crippen molar-refractivity contribution in [3.63, 3.8) is 0 Å². The van der Waals surface area contributed by atoms with Crippen LogP contribution in [0, 0.1) is 21.7 Å². The van der Waals surface area contributed by atoms with Crippen molar-refractivity contribution in [3.05, 3.63) is 62.7 Å². The molecule has 0 saturated carbocycles. The van der Waals surface area contributed by atoms with E-state index in [2.05, 4.69) is 0 Å². The molecule has 0 aromatic heterocycles. The summed E-state index contributed by atoms with van der Waals surface area (Å²) in [5, 5.41) is 19.9. The standard InChI is InChI=1S/C13H8ClF2NO4/c14-8-2-1-7(6-18)12(3-8)21-13-5-9(15)11(17(19)20)4-10(13)16/h1-5,18H,6H2. The van der Waals surface area contributed by atoms with Crippen LogP contribution in [0.2, 0.25) is 5.02 Å². The number of hydrogen-bond donors (Lipinski definition) is 1. The van der Waals surface area contributed by atoms with E-state index in [9.17, 15) is 18.9 Å². The quantitative estimate of drug-likeness (QED) is 0.688. The molecule has 2 aromatic rings. The number of ether oxygens (including phenoxy) is 1. The fourth-order valence-electron chi connectivity index (χ4n) is 1.61. The van der Waals surface area contributed by atoms with Gasteiger partial charge in [-0.3, -0.25) is 10.1 Å². The van der Waals surface area contributed by atoms with Gasteiger partial charge in [-0.05, 0) is 12.1 Å². The van der Waals surface area contributed by atoms with E-state index in [1.54, 1.807) is 0 Å². The predicted octanol–water partition coefficient (Wildman–Crippen LogP) is 3.81. The van der Waals surface area contributed by atoms with Crippen LogP contribution in [0.1, 0.15) is 5.56 Å². The van der Waals surface area contributed by atoms with Crippen molar-refractivity contribution in [2.75, 3.05) is 0 Å². The Kier molecular flexibility index (Phi) is 4.35. The largest absolute Gasteiger partial charge is 0.454 e. The molecule has 0 aliphatic carbocycles. The fraction of sp³-hybridized carbons (Fsp3) is 0.0769. The molecule has 2 rings (SSSR count). The maximum absolute atomic E-state index is 13.7. The van der Waals surface area contributed by atoms with Crippen molar-refractivity contribution in [3.8, 4) is 11.5 Å². The topological polar surface area (TPSA) is 72.6 Å². The molecule has 2 aromatic carbocycles. The minimum absolute atomic E-state index is 0.0251. The second kappa shape index (κ2) is 6.02. The van der Waals surface area contributed by atoms with Crippen LogP contribution in [0.4, 0.5) is 14.5 Å². The van der Waals surface area contributed by atoms with Gasteiger partial charge in [0.1, 0.15) is 5.75 Å². The average Bonchev–Trinajstić information content (AvgIpc) is 2.42. The third-order valence-corrected chi connectivity index (χ3v) is 2.85. The number of rotatable bonds is 4. The highest BCUT2D eigenvalue weighted by atomic mass is 35.5. The molecule has 0 saturated heterocycles. The van der Waals surface area contributed by atoms with Crippen LogP contribution in [-0.4, -0.2) is 10.0 Å². The van der Waals surface area contributed by atoms with Gasteiger partial charge in [-0.15, -0.1) is 0 Å². The Morgan fingerprint density at radius 1 is 1.19 bits per heavy atom. The minimum Gasteiger partial charge on any atom is -0.454 e. The van der Waals surface area contributed by atoms with Crippen molar-refractivity contribution in [2.24, 2.45) is 0 Å². The zero-order valence-electron chi connectivity index (χ0n) is 10.3. The Labute approximate surface area is 122 Å². The molecular formula is C13H8ClF2NO4. The molecule has 0 aliphatic heterocycles. The van der Waals surface area contributed by atoms with E-state index in [-0.39, 0.29) is 10.8 Å². The van der Waals surface area contributed by atoms with E-state index < -0.39 is 34.6 Å². The summed E-state index contributed by atoms with van der Waals surface area (Å²) in [6, 6.07) is 5.25. The smallest absolute Gasteiger partial charge is 0.307 e. The summed E-state index contributed by atoms with van der Waals surface area (Å²) in [5.74, 6) is -2.86. The Morgan fingerprint density at radius 2 is 1.90 bits per heavy atom. The SMILES string of the molecule is O=[N+]([O-])c1cc(F)c(Oc2cc(Cl)ccc2CO)cc1F. The van der Waals surface area contributed by atoms with Gasteiger partial charge in [0.05, 0.1) is 17.6 Å². The highest BCUT2D eigenvalue weighted by Crippen LogP contribution is 2.33. The molecular weight excluding hydrogens is 308 g/mol. The van der Waals surface area contributed by atoms with E-state index in [0.29, 0.717) is 17.7 Å². The Bertz CT molecular complexity index is 709. The lowest BCUT2D eigenvalue weighted by Crippen LogP contribution is -1.98. The summed E-state index contributed by atoms with van der Waals surface area (Å²) >= 11 is 5.76. The van der Waals surface area contributed by atoms with Gasteiger partial charge in [-0.1, -0.05) is 17.7 Å². The lowest BCUT2D eigenvalue weighted by atomic mass is 10.2. The summed E-state index contributed by atoms with van der Waals surface area (Å²) in [6.45, 7) is -0.399. The molecule has 0 atom stereocenters.